The van der Waals surface area contributed by atoms with Crippen molar-refractivity contribution in [3.63, 3.8) is 0 Å². The van der Waals surface area contributed by atoms with Crippen LogP contribution < -0.4 is 0 Å². The van der Waals surface area contributed by atoms with Gasteiger partial charge in [0.1, 0.15) is 0 Å². The monoisotopic (exact) mass is 528 g/mol. The second-order valence-corrected chi connectivity index (χ2v) is 11.0. The molecular weight excluding hydrogens is 499 g/mol. The molecule has 0 spiro atoms. The van der Waals surface area contributed by atoms with Gasteiger partial charge in [-0.15, -0.1) is 11.3 Å². The molecule has 3 aromatic rings. The average Bonchev–Trinajstić information content (AvgIpc) is 3.18. The van der Waals surface area contributed by atoms with Gasteiger partial charge in [-0.3, -0.25) is 9.98 Å². The van der Waals surface area contributed by atoms with E-state index in [1.54, 1.807) is 11.3 Å². The van der Waals surface area contributed by atoms with E-state index in [-0.39, 0.29) is 13.1 Å². The Labute approximate surface area is 211 Å². The van der Waals surface area contributed by atoms with E-state index in [9.17, 15) is 0 Å². The van der Waals surface area contributed by atoms with Crippen LogP contribution in [0.2, 0.25) is 0 Å². The van der Waals surface area contributed by atoms with Crippen LogP contribution >= 0.6 is 31.5 Å². The van der Waals surface area contributed by atoms with E-state index in [0.29, 0.717) is 0 Å². The quantitative estimate of drug-likeness (QED) is 0.238. The zero-order valence-corrected chi connectivity index (χ0v) is 23.3. The van der Waals surface area contributed by atoms with Gasteiger partial charge < -0.3 is 0 Å². The van der Waals surface area contributed by atoms with Crippen molar-refractivity contribution in [2.75, 3.05) is 0 Å². The van der Waals surface area contributed by atoms with Gasteiger partial charge in [-0.05, 0) is 89.8 Å². The number of benzene rings is 2. The Morgan fingerprint density at radius 3 is 1.22 bits per heavy atom. The number of halogens is 2. The number of hydrogen-bond acceptors (Lipinski definition) is 3. The van der Waals surface area contributed by atoms with Gasteiger partial charge in [0, 0.05) is 9.75 Å². The summed E-state index contributed by atoms with van der Waals surface area (Å²) in [6.45, 7) is 17.0. The molecule has 0 aliphatic carbocycles. The summed E-state index contributed by atoms with van der Waals surface area (Å²) in [6, 6.07) is 13.1. The Hall–Kier alpha value is -1.42. The summed E-state index contributed by atoms with van der Waals surface area (Å²) in [6.07, 6.45) is 0. The van der Waals surface area contributed by atoms with E-state index in [2.05, 4.69) is 91.8 Å². The minimum atomic E-state index is 0.194. The van der Waals surface area contributed by atoms with Crippen molar-refractivity contribution in [3.05, 3.63) is 79.5 Å². The average molecular weight is 529 g/mol. The van der Waals surface area contributed by atoms with Gasteiger partial charge in [0.2, 0.25) is 0 Å². The van der Waals surface area contributed by atoms with Gasteiger partial charge in [-0.1, -0.05) is 35.4 Å². The Kier molecular flexibility index (Phi) is 10.2. The third-order valence-electron chi connectivity index (χ3n) is 5.15. The topological polar surface area (TPSA) is 24.7 Å². The molecular formula is C26H30Cl2FeN2S. The summed E-state index contributed by atoms with van der Waals surface area (Å²) in [7, 11) is 9.53. The molecule has 32 heavy (non-hydrogen) atoms. The van der Waals surface area contributed by atoms with Crippen molar-refractivity contribution in [2.45, 2.75) is 55.4 Å². The summed E-state index contributed by atoms with van der Waals surface area (Å²) >= 11 is 1.95. The van der Waals surface area contributed by atoms with Crippen LogP contribution in [0.4, 0.5) is 11.4 Å². The molecule has 0 N–H and O–H groups in total. The molecule has 0 unspecified atom stereocenters. The molecule has 0 radical (unpaired) electrons. The minimum absolute atomic E-state index is 0.194. The Morgan fingerprint density at radius 1 is 0.656 bits per heavy atom. The van der Waals surface area contributed by atoms with Gasteiger partial charge in [-0.2, -0.15) is 0 Å². The number of nitrogens with zero attached hydrogens (tertiary/aromatic N) is 2. The van der Waals surface area contributed by atoms with Crippen molar-refractivity contribution in [3.8, 4) is 0 Å². The number of thiophene rings is 1. The van der Waals surface area contributed by atoms with Gasteiger partial charge in [0.05, 0.1) is 22.8 Å². The second-order valence-electron chi connectivity index (χ2n) is 8.10. The van der Waals surface area contributed by atoms with Crippen LogP contribution in [-0.2, 0) is 13.1 Å². The third-order valence-corrected chi connectivity index (χ3v) is 6.45. The Bertz CT molecular complexity index is 1030. The van der Waals surface area contributed by atoms with Crippen LogP contribution in [0, 0.1) is 41.5 Å². The summed E-state index contributed by atoms with van der Waals surface area (Å²) in [5.41, 5.74) is 11.7. The van der Waals surface area contributed by atoms with Crippen LogP contribution in [0.3, 0.4) is 0 Å². The van der Waals surface area contributed by atoms with Crippen molar-refractivity contribution in [2.24, 2.45) is 9.98 Å². The van der Waals surface area contributed by atoms with Crippen molar-refractivity contribution < 1.29 is 13.1 Å². The van der Waals surface area contributed by atoms with Crippen molar-refractivity contribution >= 4 is 54.3 Å². The summed E-state index contributed by atoms with van der Waals surface area (Å²) in [4.78, 5) is 12.3. The molecule has 2 nitrogen and oxygen atoms in total. The van der Waals surface area contributed by atoms with E-state index >= 15 is 0 Å². The summed E-state index contributed by atoms with van der Waals surface area (Å²) < 4.78 is 0. The molecule has 2 aromatic carbocycles. The maximum atomic E-state index is 4.95. The molecule has 3 rings (SSSR count). The Morgan fingerprint density at radius 2 is 0.938 bits per heavy atom. The fourth-order valence-corrected chi connectivity index (χ4v) is 4.77. The third kappa shape index (κ3) is 7.04. The van der Waals surface area contributed by atoms with Crippen LogP contribution in [0.5, 0.6) is 0 Å². The van der Waals surface area contributed by atoms with Gasteiger partial charge in [-0.25, -0.2) is 0 Å². The first-order valence-electron chi connectivity index (χ1n) is 10.3. The number of hydrogen-bond donors (Lipinski definition) is 0. The van der Waals surface area contributed by atoms with Crippen molar-refractivity contribution in [1.29, 1.82) is 0 Å². The molecule has 172 valence electrons. The summed E-state index contributed by atoms with van der Waals surface area (Å²) in [5, 5.41) is 0. The first-order valence-corrected chi connectivity index (χ1v) is 14.1. The van der Waals surface area contributed by atoms with Gasteiger partial charge >= 0.3 is 33.3 Å². The van der Waals surface area contributed by atoms with Crippen molar-refractivity contribution in [1.82, 2.24) is 0 Å². The molecule has 0 bridgehead atoms. The predicted octanol–water partition coefficient (Wildman–Crippen LogP) is 9.26. The SMILES string of the molecule is CC(=Nc1c(C)cc(C)cc1C)c1ccc(C(C)=Nc2c(C)cc(C)cc2C)s1.[Cl][Fe][Cl]. The van der Waals surface area contributed by atoms with Gasteiger partial charge in [0.15, 0.2) is 0 Å². The van der Waals surface area contributed by atoms with Gasteiger partial charge in [0.25, 0.3) is 0 Å². The van der Waals surface area contributed by atoms with E-state index in [0.717, 1.165) is 22.8 Å². The zero-order valence-electron chi connectivity index (χ0n) is 19.9. The van der Waals surface area contributed by atoms with E-state index < -0.39 is 0 Å². The first-order chi connectivity index (χ1) is 15.1. The molecule has 1 aromatic heterocycles. The second kappa shape index (κ2) is 12.2. The zero-order chi connectivity index (χ0) is 24.0. The molecule has 0 fully saturated rings. The first kappa shape index (κ1) is 26.8. The Balaban J connectivity index is 0.00000114. The van der Waals surface area contributed by atoms with Crippen LogP contribution in [0.15, 0.2) is 46.4 Å². The molecule has 1 heterocycles. The summed E-state index contributed by atoms with van der Waals surface area (Å²) in [5.74, 6) is 0. The fraction of sp³-hybridized carbons (Fsp3) is 0.308. The molecule has 6 heteroatoms. The number of rotatable bonds is 4. The normalized spacial score (nSPS) is 12.1. The standard InChI is InChI=1S/C26H30N2S.2ClH.Fe/c1-15-11-17(3)25(18(4)12-15)27-21(7)23-9-10-24(29-23)22(8)28-26-19(5)13-16(2)14-20(26)6;;;/h9-14H,1-8H3;2*1H;/q;;;+2/p-2. The molecule has 0 saturated carbocycles. The van der Waals surface area contributed by atoms with E-state index in [1.165, 1.54) is 43.1 Å². The van der Waals surface area contributed by atoms with Crippen LogP contribution in [-0.4, -0.2) is 11.4 Å². The van der Waals surface area contributed by atoms with E-state index in [4.69, 9.17) is 30.2 Å². The molecule has 0 atom stereocenters. The number of aryl methyl sites for hydroxylation is 6. The maximum absolute atomic E-state index is 4.95. The molecule has 0 aliphatic heterocycles. The fourth-order valence-electron chi connectivity index (χ4n) is 3.87. The predicted molar refractivity (Wildman–Crippen MR) is 141 cm³/mol. The molecule has 0 saturated heterocycles. The number of aliphatic imine (C=N–C) groups is 2. The van der Waals surface area contributed by atoms with Crippen LogP contribution in [0.25, 0.3) is 0 Å². The molecule has 0 amide bonds. The van der Waals surface area contributed by atoms with E-state index in [1.807, 2.05) is 0 Å². The van der Waals surface area contributed by atoms with Crippen LogP contribution in [0.1, 0.15) is 57.0 Å². The molecule has 0 aliphatic rings.